The number of nitrogens with zero attached hydrogens (tertiary/aromatic N) is 2. The number of benzene rings is 1. The molecule has 0 saturated heterocycles. The quantitative estimate of drug-likeness (QED) is 0.839. The van der Waals surface area contributed by atoms with E-state index in [0.29, 0.717) is 0 Å². The molecule has 1 aromatic heterocycles. The maximum absolute atomic E-state index is 13.7. The summed E-state index contributed by atoms with van der Waals surface area (Å²) >= 11 is 0. The van der Waals surface area contributed by atoms with Crippen LogP contribution in [0.1, 0.15) is 49.7 Å². The molecule has 2 rings (SSSR count). The van der Waals surface area contributed by atoms with Crippen molar-refractivity contribution < 1.29 is 4.39 Å². The Kier molecular flexibility index (Phi) is 5.51. The summed E-state index contributed by atoms with van der Waals surface area (Å²) in [5.41, 5.74) is 1.87. The molecule has 0 aliphatic rings. The van der Waals surface area contributed by atoms with Crippen LogP contribution in [0.2, 0.25) is 0 Å². The van der Waals surface area contributed by atoms with Crippen molar-refractivity contribution in [1.29, 1.82) is 0 Å². The van der Waals surface area contributed by atoms with Crippen LogP contribution in [0.15, 0.2) is 30.6 Å². The first-order valence-corrected chi connectivity index (χ1v) is 7.67. The SMILES string of the molecule is CCCNC(c1cc(C)cc(F)c1)c1nccn1CCC. The number of hydrogen-bond donors (Lipinski definition) is 1. The van der Waals surface area contributed by atoms with Crippen LogP contribution in [0.25, 0.3) is 0 Å². The van der Waals surface area contributed by atoms with E-state index in [2.05, 4.69) is 28.7 Å². The van der Waals surface area contributed by atoms with E-state index < -0.39 is 0 Å². The molecule has 0 bridgehead atoms. The molecule has 1 heterocycles. The largest absolute Gasteiger partial charge is 0.333 e. The number of halogens is 1. The molecular weight excluding hydrogens is 265 g/mol. The number of aromatic nitrogens is 2. The third kappa shape index (κ3) is 3.91. The molecule has 0 fully saturated rings. The van der Waals surface area contributed by atoms with E-state index in [-0.39, 0.29) is 11.9 Å². The van der Waals surface area contributed by atoms with Crippen LogP contribution in [0.3, 0.4) is 0 Å². The van der Waals surface area contributed by atoms with Gasteiger partial charge in [-0.05, 0) is 49.6 Å². The van der Waals surface area contributed by atoms with E-state index in [9.17, 15) is 4.39 Å². The molecule has 1 aromatic carbocycles. The predicted octanol–water partition coefficient (Wildman–Crippen LogP) is 3.83. The highest BCUT2D eigenvalue weighted by Gasteiger charge is 2.19. The van der Waals surface area contributed by atoms with E-state index in [1.807, 2.05) is 25.4 Å². The van der Waals surface area contributed by atoms with Gasteiger partial charge in [-0.2, -0.15) is 0 Å². The lowest BCUT2D eigenvalue weighted by Gasteiger charge is -2.20. The molecule has 0 saturated carbocycles. The second-order valence-corrected chi connectivity index (χ2v) is 5.43. The van der Waals surface area contributed by atoms with Gasteiger partial charge in [-0.15, -0.1) is 0 Å². The van der Waals surface area contributed by atoms with Crippen LogP contribution in [0.4, 0.5) is 4.39 Å². The van der Waals surface area contributed by atoms with Gasteiger partial charge in [0, 0.05) is 18.9 Å². The highest BCUT2D eigenvalue weighted by atomic mass is 19.1. The van der Waals surface area contributed by atoms with Crippen molar-refractivity contribution >= 4 is 0 Å². The van der Waals surface area contributed by atoms with Crippen molar-refractivity contribution in [2.24, 2.45) is 0 Å². The van der Waals surface area contributed by atoms with Crippen LogP contribution in [-0.4, -0.2) is 16.1 Å². The molecule has 3 nitrogen and oxygen atoms in total. The first-order chi connectivity index (χ1) is 10.2. The van der Waals surface area contributed by atoms with Gasteiger partial charge in [-0.1, -0.05) is 19.9 Å². The monoisotopic (exact) mass is 289 g/mol. The van der Waals surface area contributed by atoms with Crippen molar-refractivity contribution in [3.63, 3.8) is 0 Å². The highest BCUT2D eigenvalue weighted by molar-refractivity contribution is 5.30. The molecule has 2 aromatic rings. The Morgan fingerprint density at radius 1 is 1.24 bits per heavy atom. The van der Waals surface area contributed by atoms with Gasteiger partial charge in [0.15, 0.2) is 0 Å². The minimum Gasteiger partial charge on any atom is -0.333 e. The van der Waals surface area contributed by atoms with Crippen LogP contribution in [0.5, 0.6) is 0 Å². The summed E-state index contributed by atoms with van der Waals surface area (Å²) in [5, 5.41) is 3.49. The van der Waals surface area contributed by atoms with Gasteiger partial charge in [-0.3, -0.25) is 0 Å². The van der Waals surface area contributed by atoms with E-state index >= 15 is 0 Å². The molecular formula is C17H24FN3. The third-order valence-corrected chi connectivity index (χ3v) is 3.47. The Balaban J connectivity index is 2.39. The Hall–Kier alpha value is -1.68. The van der Waals surface area contributed by atoms with Gasteiger partial charge in [0.25, 0.3) is 0 Å². The normalized spacial score (nSPS) is 12.6. The number of rotatable bonds is 7. The van der Waals surface area contributed by atoms with Gasteiger partial charge in [0.1, 0.15) is 11.6 Å². The summed E-state index contributed by atoms with van der Waals surface area (Å²) in [6, 6.07) is 5.12. The molecule has 1 unspecified atom stereocenters. The molecule has 0 aliphatic heterocycles. The number of hydrogen-bond acceptors (Lipinski definition) is 2. The van der Waals surface area contributed by atoms with Gasteiger partial charge in [-0.25, -0.2) is 9.37 Å². The zero-order valence-corrected chi connectivity index (χ0v) is 13.1. The Morgan fingerprint density at radius 2 is 2.05 bits per heavy atom. The lowest BCUT2D eigenvalue weighted by Crippen LogP contribution is -2.26. The van der Waals surface area contributed by atoms with Crippen LogP contribution in [0, 0.1) is 12.7 Å². The second-order valence-electron chi connectivity index (χ2n) is 5.43. The number of nitrogens with one attached hydrogen (secondary N) is 1. The van der Waals surface area contributed by atoms with E-state index in [1.54, 1.807) is 12.1 Å². The summed E-state index contributed by atoms with van der Waals surface area (Å²) in [7, 11) is 0. The second kappa shape index (κ2) is 7.36. The fraction of sp³-hybridized carbons (Fsp3) is 0.471. The smallest absolute Gasteiger partial charge is 0.130 e. The summed E-state index contributed by atoms with van der Waals surface area (Å²) in [6.45, 7) is 7.99. The molecule has 114 valence electrons. The standard InChI is InChI=1S/C17H24FN3/c1-4-6-19-16(14-10-13(3)11-15(18)12-14)17-20-7-9-21(17)8-5-2/h7,9-12,16,19H,4-6,8H2,1-3H3. The molecule has 1 atom stereocenters. The average Bonchev–Trinajstić information content (AvgIpc) is 2.87. The Morgan fingerprint density at radius 3 is 2.71 bits per heavy atom. The molecule has 0 spiro atoms. The minimum atomic E-state index is -0.193. The lowest BCUT2D eigenvalue weighted by molar-refractivity contribution is 0.526. The van der Waals surface area contributed by atoms with E-state index in [4.69, 9.17) is 0 Å². The van der Waals surface area contributed by atoms with Crippen molar-refractivity contribution in [1.82, 2.24) is 14.9 Å². The van der Waals surface area contributed by atoms with E-state index in [1.165, 1.54) is 0 Å². The van der Waals surface area contributed by atoms with Gasteiger partial charge < -0.3 is 9.88 Å². The topological polar surface area (TPSA) is 29.9 Å². The van der Waals surface area contributed by atoms with Gasteiger partial charge >= 0.3 is 0 Å². The zero-order valence-electron chi connectivity index (χ0n) is 13.1. The fourth-order valence-corrected chi connectivity index (χ4v) is 2.59. The third-order valence-electron chi connectivity index (χ3n) is 3.47. The van der Waals surface area contributed by atoms with Crippen LogP contribution >= 0.6 is 0 Å². The fourth-order valence-electron chi connectivity index (χ4n) is 2.59. The number of aryl methyl sites for hydroxylation is 2. The van der Waals surface area contributed by atoms with Crippen LogP contribution < -0.4 is 5.32 Å². The summed E-state index contributed by atoms with van der Waals surface area (Å²) < 4.78 is 15.9. The van der Waals surface area contributed by atoms with Crippen LogP contribution in [-0.2, 0) is 6.54 Å². The average molecular weight is 289 g/mol. The summed E-state index contributed by atoms with van der Waals surface area (Å²) in [6.07, 6.45) is 5.88. The predicted molar refractivity (Wildman–Crippen MR) is 83.8 cm³/mol. The zero-order chi connectivity index (χ0) is 15.2. The summed E-state index contributed by atoms with van der Waals surface area (Å²) in [4.78, 5) is 4.50. The maximum atomic E-state index is 13.7. The van der Waals surface area contributed by atoms with Crippen molar-refractivity contribution in [2.75, 3.05) is 6.54 Å². The first kappa shape index (κ1) is 15.7. The molecule has 0 aliphatic carbocycles. The van der Waals surface area contributed by atoms with Gasteiger partial charge in [0.05, 0.1) is 6.04 Å². The lowest BCUT2D eigenvalue weighted by atomic mass is 10.0. The first-order valence-electron chi connectivity index (χ1n) is 7.67. The van der Waals surface area contributed by atoms with Crippen molar-refractivity contribution in [2.45, 2.75) is 46.2 Å². The molecule has 0 radical (unpaired) electrons. The molecule has 21 heavy (non-hydrogen) atoms. The van der Waals surface area contributed by atoms with Crippen molar-refractivity contribution in [3.05, 3.63) is 53.4 Å². The number of imidazole rings is 1. The Labute approximate surface area is 126 Å². The molecule has 0 amide bonds. The minimum absolute atomic E-state index is 0.0686. The summed E-state index contributed by atoms with van der Waals surface area (Å²) in [5.74, 6) is 0.761. The highest BCUT2D eigenvalue weighted by Crippen LogP contribution is 2.23. The molecule has 4 heteroatoms. The van der Waals surface area contributed by atoms with E-state index in [0.717, 1.165) is 42.9 Å². The van der Waals surface area contributed by atoms with Gasteiger partial charge in [0.2, 0.25) is 0 Å². The maximum Gasteiger partial charge on any atom is 0.130 e. The Bertz CT molecular complexity index is 557. The van der Waals surface area contributed by atoms with Crippen molar-refractivity contribution in [3.8, 4) is 0 Å². The molecule has 1 N–H and O–H groups in total.